The summed E-state index contributed by atoms with van der Waals surface area (Å²) in [4.78, 5) is 11.9. The van der Waals surface area contributed by atoms with E-state index in [9.17, 15) is 0 Å². The van der Waals surface area contributed by atoms with Crippen LogP contribution in [0.3, 0.4) is 0 Å². The predicted octanol–water partition coefficient (Wildman–Crippen LogP) is 3.23. The Kier molecular flexibility index (Phi) is 3.96. The molecule has 3 aromatic rings. The van der Waals surface area contributed by atoms with Gasteiger partial charge >= 0.3 is 0 Å². The molecule has 108 valence electrons. The van der Waals surface area contributed by atoms with Crippen LogP contribution in [0.25, 0.3) is 11.0 Å². The van der Waals surface area contributed by atoms with Gasteiger partial charge in [-0.15, -0.1) is 0 Å². The van der Waals surface area contributed by atoms with Crippen LogP contribution in [0.2, 0.25) is 0 Å². The van der Waals surface area contributed by atoms with Crippen molar-refractivity contribution in [3.05, 3.63) is 42.1 Å². The number of rotatable bonds is 5. The van der Waals surface area contributed by atoms with Gasteiger partial charge in [0.25, 0.3) is 0 Å². The van der Waals surface area contributed by atoms with E-state index in [4.69, 9.17) is 10.5 Å². The summed E-state index contributed by atoms with van der Waals surface area (Å²) in [7, 11) is 0. The molecule has 3 rings (SSSR count). The number of aromatic amines is 1. The molecule has 2 heterocycles. The van der Waals surface area contributed by atoms with Crippen molar-refractivity contribution in [2.24, 2.45) is 0 Å². The lowest BCUT2D eigenvalue weighted by atomic mass is 10.3. The molecule has 2 aromatic heterocycles. The van der Waals surface area contributed by atoms with E-state index >= 15 is 0 Å². The van der Waals surface area contributed by atoms with Gasteiger partial charge in [0.15, 0.2) is 5.16 Å². The van der Waals surface area contributed by atoms with Gasteiger partial charge in [-0.3, -0.25) is 0 Å². The molecule has 0 aliphatic rings. The highest BCUT2D eigenvalue weighted by atomic mass is 32.2. The third kappa shape index (κ3) is 3.28. The Bertz CT molecular complexity index is 739. The minimum absolute atomic E-state index is 0.538. The van der Waals surface area contributed by atoms with Crippen LogP contribution in [0.1, 0.15) is 12.5 Å². The maximum absolute atomic E-state index is 5.58. The third-order valence-corrected chi connectivity index (χ3v) is 3.91. The van der Waals surface area contributed by atoms with E-state index in [1.165, 1.54) is 0 Å². The highest BCUT2D eigenvalue weighted by Crippen LogP contribution is 2.25. The summed E-state index contributed by atoms with van der Waals surface area (Å²) in [6.07, 6.45) is 1.79. The highest BCUT2D eigenvalue weighted by Gasteiger charge is 2.05. The first-order valence-corrected chi connectivity index (χ1v) is 7.69. The monoisotopic (exact) mass is 300 g/mol. The molecule has 21 heavy (non-hydrogen) atoms. The number of benzene rings is 1. The van der Waals surface area contributed by atoms with Crippen molar-refractivity contribution in [2.75, 3.05) is 12.3 Å². The molecule has 0 radical (unpaired) electrons. The Hall–Kier alpha value is -2.21. The SMILES string of the molecule is CCOc1ccc2nc(SCc3ccc(N)nc3)[nH]c2c1. The first kappa shape index (κ1) is 13.8. The zero-order valence-corrected chi connectivity index (χ0v) is 12.5. The second-order valence-electron chi connectivity index (χ2n) is 4.53. The minimum atomic E-state index is 0.538. The van der Waals surface area contributed by atoms with E-state index in [-0.39, 0.29) is 0 Å². The minimum Gasteiger partial charge on any atom is -0.494 e. The van der Waals surface area contributed by atoms with Crippen molar-refractivity contribution in [2.45, 2.75) is 17.8 Å². The van der Waals surface area contributed by atoms with Gasteiger partial charge < -0.3 is 15.5 Å². The number of nitrogen functional groups attached to an aromatic ring is 1. The van der Waals surface area contributed by atoms with Crippen LogP contribution in [0.5, 0.6) is 5.75 Å². The topological polar surface area (TPSA) is 76.8 Å². The summed E-state index contributed by atoms with van der Waals surface area (Å²) in [5, 5.41) is 0.885. The zero-order chi connectivity index (χ0) is 14.7. The first-order valence-electron chi connectivity index (χ1n) is 6.70. The molecule has 0 fully saturated rings. The fraction of sp³-hybridized carbons (Fsp3) is 0.200. The Morgan fingerprint density at radius 1 is 1.29 bits per heavy atom. The summed E-state index contributed by atoms with van der Waals surface area (Å²) in [5.41, 5.74) is 8.62. The summed E-state index contributed by atoms with van der Waals surface area (Å²) in [5.74, 6) is 2.19. The molecule has 0 amide bonds. The van der Waals surface area contributed by atoms with Gasteiger partial charge in [-0.2, -0.15) is 0 Å². The average Bonchev–Trinajstić information content (AvgIpc) is 2.89. The van der Waals surface area contributed by atoms with Crippen LogP contribution in [0.4, 0.5) is 5.82 Å². The van der Waals surface area contributed by atoms with Crippen LogP contribution < -0.4 is 10.5 Å². The van der Waals surface area contributed by atoms with Gasteiger partial charge in [0, 0.05) is 18.0 Å². The summed E-state index contributed by atoms with van der Waals surface area (Å²) in [6.45, 7) is 2.63. The standard InChI is InChI=1S/C15H16N4OS/c1-2-20-11-4-5-12-13(7-11)19-15(18-12)21-9-10-3-6-14(16)17-8-10/h3-8H,2,9H2,1H3,(H2,16,17)(H,18,19). The molecular weight excluding hydrogens is 284 g/mol. The number of H-pyrrole nitrogens is 1. The molecule has 0 aliphatic heterocycles. The van der Waals surface area contributed by atoms with Gasteiger partial charge in [-0.25, -0.2) is 9.97 Å². The van der Waals surface area contributed by atoms with Crippen molar-refractivity contribution in [3.63, 3.8) is 0 Å². The molecule has 0 spiro atoms. The number of imidazole rings is 1. The van der Waals surface area contributed by atoms with Crippen molar-refractivity contribution >= 4 is 28.6 Å². The number of fused-ring (bicyclic) bond motifs is 1. The van der Waals surface area contributed by atoms with Gasteiger partial charge in [0.05, 0.1) is 17.6 Å². The molecule has 0 bridgehead atoms. The average molecular weight is 300 g/mol. The number of aromatic nitrogens is 3. The molecule has 0 saturated carbocycles. The van der Waals surface area contributed by atoms with Gasteiger partial charge in [-0.05, 0) is 30.7 Å². The molecule has 5 nitrogen and oxygen atoms in total. The molecule has 3 N–H and O–H groups in total. The third-order valence-electron chi connectivity index (χ3n) is 2.97. The van der Waals surface area contributed by atoms with Crippen LogP contribution in [-0.4, -0.2) is 21.6 Å². The van der Waals surface area contributed by atoms with Gasteiger partial charge in [0.1, 0.15) is 11.6 Å². The Morgan fingerprint density at radius 2 is 2.19 bits per heavy atom. The van der Waals surface area contributed by atoms with Gasteiger partial charge in [0.2, 0.25) is 0 Å². The fourth-order valence-electron chi connectivity index (χ4n) is 1.96. The van der Waals surface area contributed by atoms with Crippen molar-refractivity contribution in [1.82, 2.24) is 15.0 Å². The quantitative estimate of drug-likeness (QED) is 0.707. The van der Waals surface area contributed by atoms with E-state index in [1.54, 1.807) is 18.0 Å². The highest BCUT2D eigenvalue weighted by molar-refractivity contribution is 7.98. The number of nitrogens with one attached hydrogen (secondary N) is 1. The molecule has 1 aromatic carbocycles. The van der Waals surface area contributed by atoms with Crippen LogP contribution >= 0.6 is 11.8 Å². The van der Waals surface area contributed by atoms with Crippen LogP contribution in [0, 0.1) is 0 Å². The molecular formula is C15H16N4OS. The largest absolute Gasteiger partial charge is 0.494 e. The lowest BCUT2D eigenvalue weighted by Gasteiger charge is -2.00. The lowest BCUT2D eigenvalue weighted by molar-refractivity contribution is 0.340. The van der Waals surface area contributed by atoms with Crippen molar-refractivity contribution in [1.29, 1.82) is 0 Å². The lowest BCUT2D eigenvalue weighted by Crippen LogP contribution is -1.90. The number of ether oxygens (including phenoxy) is 1. The first-order chi connectivity index (χ1) is 10.2. The zero-order valence-electron chi connectivity index (χ0n) is 11.7. The van der Waals surface area contributed by atoms with Gasteiger partial charge in [-0.1, -0.05) is 17.8 Å². The number of hydrogen-bond donors (Lipinski definition) is 2. The Balaban J connectivity index is 1.73. The van der Waals surface area contributed by atoms with E-state index in [0.29, 0.717) is 12.4 Å². The number of pyridine rings is 1. The second-order valence-corrected chi connectivity index (χ2v) is 5.50. The normalized spacial score (nSPS) is 10.9. The predicted molar refractivity (Wildman–Crippen MR) is 85.5 cm³/mol. The van der Waals surface area contributed by atoms with E-state index in [1.807, 2.05) is 37.3 Å². The molecule has 0 atom stereocenters. The molecule has 6 heteroatoms. The number of hydrogen-bond acceptors (Lipinski definition) is 5. The number of anilines is 1. The van der Waals surface area contributed by atoms with Crippen molar-refractivity contribution < 1.29 is 4.74 Å². The smallest absolute Gasteiger partial charge is 0.166 e. The summed E-state index contributed by atoms with van der Waals surface area (Å²) >= 11 is 1.64. The summed E-state index contributed by atoms with van der Waals surface area (Å²) in [6, 6.07) is 9.66. The maximum atomic E-state index is 5.58. The number of thioether (sulfide) groups is 1. The molecule has 0 unspecified atom stereocenters. The van der Waals surface area contributed by atoms with E-state index in [2.05, 4.69) is 15.0 Å². The van der Waals surface area contributed by atoms with Crippen molar-refractivity contribution in [3.8, 4) is 5.75 Å². The van der Waals surface area contributed by atoms with E-state index in [0.717, 1.165) is 33.3 Å². The Labute approximate surface area is 126 Å². The second kappa shape index (κ2) is 6.05. The molecule has 0 aliphatic carbocycles. The van der Waals surface area contributed by atoms with Crippen LogP contribution in [-0.2, 0) is 5.75 Å². The molecule has 0 saturated heterocycles. The maximum Gasteiger partial charge on any atom is 0.166 e. The summed E-state index contributed by atoms with van der Waals surface area (Å²) < 4.78 is 5.49. The number of nitrogens with two attached hydrogens (primary N) is 1. The van der Waals surface area contributed by atoms with Crippen LogP contribution in [0.15, 0.2) is 41.7 Å². The van der Waals surface area contributed by atoms with E-state index < -0.39 is 0 Å². The Morgan fingerprint density at radius 3 is 2.95 bits per heavy atom. The number of nitrogens with zero attached hydrogens (tertiary/aromatic N) is 2. The fourth-order valence-corrected chi connectivity index (χ4v) is 2.78.